The molecular weight excluding hydrogens is 724 g/mol. The Morgan fingerprint density at radius 3 is 1.74 bits per heavy atom. The van der Waals surface area contributed by atoms with Crippen LogP contribution in [0.2, 0.25) is 0 Å². The van der Waals surface area contributed by atoms with E-state index in [4.69, 9.17) is 23.8 Å². The van der Waals surface area contributed by atoms with Crippen molar-refractivity contribution in [3.8, 4) is 0 Å². The SMILES string of the molecule is C[C@@H]1O[C@@H](OCCNC(=O)[C@@H]2CC[C@H](C(=O)NCCO[C@@H]3O[C@@H](C)[C@@H](O)[C@@H](O)[C@@H]3O)N(C(=O)CCCCC(=O)ON3C(=O)CCC3=O)C2)[C@@H](O)[C@H](O)[C@@H]1O. The number of hydrogen-bond acceptors (Lipinski definition) is 17. The second kappa shape index (κ2) is 20.0. The second-order valence-corrected chi connectivity index (χ2v) is 13.8. The minimum absolute atomic E-state index is 0.0221. The highest BCUT2D eigenvalue weighted by atomic mass is 16.7. The van der Waals surface area contributed by atoms with Crippen molar-refractivity contribution in [1.29, 1.82) is 0 Å². The van der Waals surface area contributed by atoms with Crippen LogP contribution in [0, 0.1) is 5.92 Å². The van der Waals surface area contributed by atoms with E-state index in [2.05, 4.69) is 10.6 Å². The van der Waals surface area contributed by atoms with E-state index in [1.165, 1.54) is 18.7 Å². The van der Waals surface area contributed by atoms with E-state index in [1.54, 1.807) is 0 Å². The van der Waals surface area contributed by atoms with Gasteiger partial charge >= 0.3 is 5.97 Å². The van der Waals surface area contributed by atoms with Crippen LogP contribution in [0.3, 0.4) is 0 Å². The smallest absolute Gasteiger partial charge is 0.333 e. The number of aliphatic hydroxyl groups excluding tert-OH is 6. The Hall–Kier alpha value is -3.38. The standard InChI is InChI=1S/C33H52N4O17/c1-16-24(42)26(44)28(46)32(52-16)50-13-11-34-30(48)18-7-8-19(31(49)35-12-14-51-33-29(47)27(45)25(43)17(2)53-33)36(15-18)20(38)5-3-4-6-23(41)54-37-21(39)9-10-22(37)40/h16-19,24-29,32-33,42-47H,3-15H2,1-2H3,(H,34,48)(H,35,49)/t16-,17-,18+,19+,24+,25+,26+,27+,28-,29-,32+,33+/m0/s1. The fourth-order valence-electron chi connectivity index (χ4n) is 6.49. The van der Waals surface area contributed by atoms with E-state index in [9.17, 15) is 59.4 Å². The van der Waals surface area contributed by atoms with Gasteiger partial charge in [0.05, 0.1) is 31.3 Å². The molecule has 8 N–H and O–H groups in total. The molecule has 4 aliphatic heterocycles. The maximum atomic E-state index is 13.5. The molecule has 21 nitrogen and oxygen atoms in total. The van der Waals surface area contributed by atoms with Crippen molar-refractivity contribution in [3.05, 3.63) is 0 Å². The molecule has 4 saturated heterocycles. The lowest BCUT2D eigenvalue weighted by molar-refractivity contribution is -0.292. The molecule has 4 aliphatic rings. The summed E-state index contributed by atoms with van der Waals surface area (Å²) in [6.07, 6.45) is -12.4. The molecule has 0 saturated carbocycles. The fraction of sp³-hybridized carbons (Fsp3) is 0.818. The average Bonchev–Trinajstić information content (AvgIpc) is 3.47. The van der Waals surface area contributed by atoms with Crippen molar-refractivity contribution in [1.82, 2.24) is 20.6 Å². The van der Waals surface area contributed by atoms with Gasteiger partial charge in [-0.15, -0.1) is 5.06 Å². The zero-order valence-electron chi connectivity index (χ0n) is 30.2. The number of piperidine rings is 1. The molecular formula is C33H52N4O17. The predicted molar refractivity (Wildman–Crippen MR) is 177 cm³/mol. The first kappa shape index (κ1) is 43.3. The number of hydroxylamine groups is 2. The van der Waals surface area contributed by atoms with Crippen LogP contribution in [0.5, 0.6) is 0 Å². The molecule has 21 heteroatoms. The third-order valence-electron chi connectivity index (χ3n) is 9.78. The first-order valence-corrected chi connectivity index (χ1v) is 18.1. The molecule has 4 heterocycles. The Balaban J connectivity index is 1.28. The number of carbonyl (C=O) groups excluding carboxylic acids is 6. The number of unbranched alkanes of at least 4 members (excludes halogenated alkanes) is 1. The number of ether oxygens (including phenoxy) is 4. The maximum absolute atomic E-state index is 13.5. The van der Waals surface area contributed by atoms with E-state index >= 15 is 0 Å². The molecule has 306 valence electrons. The molecule has 0 aromatic heterocycles. The molecule has 5 amide bonds. The van der Waals surface area contributed by atoms with Crippen LogP contribution in [-0.2, 0) is 52.6 Å². The second-order valence-electron chi connectivity index (χ2n) is 13.8. The van der Waals surface area contributed by atoms with Gasteiger partial charge in [-0.2, -0.15) is 0 Å². The summed E-state index contributed by atoms with van der Waals surface area (Å²) in [4.78, 5) is 81.7. The van der Waals surface area contributed by atoms with E-state index < -0.39 is 109 Å². The van der Waals surface area contributed by atoms with Crippen LogP contribution in [0.15, 0.2) is 0 Å². The molecule has 0 radical (unpaired) electrons. The summed E-state index contributed by atoms with van der Waals surface area (Å²) in [6.45, 7) is 2.52. The van der Waals surface area contributed by atoms with Crippen molar-refractivity contribution in [2.45, 2.75) is 133 Å². The number of aliphatic hydroxyl groups is 6. The van der Waals surface area contributed by atoms with Gasteiger partial charge in [0, 0.05) is 45.3 Å². The van der Waals surface area contributed by atoms with Gasteiger partial charge in [-0.3, -0.25) is 24.0 Å². The average molecular weight is 777 g/mol. The Kier molecular flexibility index (Phi) is 16.0. The number of hydrogen-bond donors (Lipinski definition) is 8. The monoisotopic (exact) mass is 776 g/mol. The highest BCUT2D eigenvalue weighted by molar-refractivity contribution is 6.01. The minimum atomic E-state index is -1.53. The first-order valence-electron chi connectivity index (χ1n) is 18.1. The molecule has 0 bridgehead atoms. The van der Waals surface area contributed by atoms with Crippen molar-refractivity contribution < 1.29 is 83.2 Å². The lowest BCUT2D eigenvalue weighted by Crippen LogP contribution is -2.58. The molecule has 0 aromatic carbocycles. The van der Waals surface area contributed by atoms with Crippen LogP contribution in [0.1, 0.15) is 65.2 Å². The fourth-order valence-corrected chi connectivity index (χ4v) is 6.49. The molecule has 54 heavy (non-hydrogen) atoms. The summed E-state index contributed by atoms with van der Waals surface area (Å²) < 4.78 is 21.7. The van der Waals surface area contributed by atoms with Crippen molar-refractivity contribution in [2.24, 2.45) is 5.92 Å². The Labute approximate surface area is 310 Å². The predicted octanol–water partition coefficient (Wildman–Crippen LogP) is -4.32. The van der Waals surface area contributed by atoms with Crippen molar-refractivity contribution in [3.63, 3.8) is 0 Å². The van der Waals surface area contributed by atoms with Gasteiger partial charge in [0.2, 0.25) is 17.7 Å². The molecule has 0 unspecified atom stereocenters. The van der Waals surface area contributed by atoms with Gasteiger partial charge in [-0.05, 0) is 39.5 Å². The molecule has 0 aliphatic carbocycles. The Morgan fingerprint density at radius 2 is 1.20 bits per heavy atom. The summed E-state index contributed by atoms with van der Waals surface area (Å²) in [7, 11) is 0. The lowest BCUT2D eigenvalue weighted by Gasteiger charge is -2.39. The van der Waals surface area contributed by atoms with Gasteiger partial charge in [-0.25, -0.2) is 4.79 Å². The highest BCUT2D eigenvalue weighted by Crippen LogP contribution is 2.26. The van der Waals surface area contributed by atoms with Crippen LogP contribution < -0.4 is 10.6 Å². The summed E-state index contributed by atoms with van der Waals surface area (Å²) in [5.74, 6) is -4.20. The van der Waals surface area contributed by atoms with E-state index in [1.807, 2.05) is 0 Å². The first-order chi connectivity index (χ1) is 25.6. The van der Waals surface area contributed by atoms with Gasteiger partial charge in [-0.1, -0.05) is 0 Å². The van der Waals surface area contributed by atoms with E-state index in [-0.39, 0.29) is 84.2 Å². The summed E-state index contributed by atoms with van der Waals surface area (Å²) in [5, 5.41) is 65.7. The van der Waals surface area contributed by atoms with Gasteiger partial charge in [0.25, 0.3) is 11.8 Å². The van der Waals surface area contributed by atoms with E-state index in [0.717, 1.165) is 0 Å². The van der Waals surface area contributed by atoms with E-state index in [0.29, 0.717) is 5.06 Å². The number of imide groups is 1. The van der Waals surface area contributed by atoms with Crippen LogP contribution in [0.25, 0.3) is 0 Å². The topological polar surface area (TPSA) is 300 Å². The number of likely N-dealkylation sites (tertiary alicyclic amines) is 1. The van der Waals surface area contributed by atoms with Gasteiger partial charge < -0.3 is 70.0 Å². The van der Waals surface area contributed by atoms with Crippen molar-refractivity contribution >= 4 is 35.5 Å². The molecule has 12 atom stereocenters. The zero-order valence-corrected chi connectivity index (χ0v) is 30.2. The molecule has 4 rings (SSSR count). The van der Waals surface area contributed by atoms with Gasteiger partial charge in [0.1, 0.15) is 42.7 Å². The largest absolute Gasteiger partial charge is 0.388 e. The number of nitrogens with zero attached hydrogens (tertiary/aromatic N) is 2. The summed E-state index contributed by atoms with van der Waals surface area (Å²) in [6, 6.07) is -0.968. The Morgan fingerprint density at radius 1 is 0.704 bits per heavy atom. The normalized spacial score (nSPS) is 34.4. The molecule has 0 spiro atoms. The third-order valence-corrected chi connectivity index (χ3v) is 9.78. The summed E-state index contributed by atoms with van der Waals surface area (Å²) >= 11 is 0. The molecule has 0 aromatic rings. The maximum Gasteiger partial charge on any atom is 0.333 e. The quantitative estimate of drug-likeness (QED) is 0.0543. The van der Waals surface area contributed by atoms with Gasteiger partial charge in [0.15, 0.2) is 12.6 Å². The highest BCUT2D eigenvalue weighted by Gasteiger charge is 2.44. The lowest BCUT2D eigenvalue weighted by atomic mass is 9.91. The van der Waals surface area contributed by atoms with Crippen LogP contribution >= 0.6 is 0 Å². The van der Waals surface area contributed by atoms with Crippen LogP contribution in [0.4, 0.5) is 0 Å². The third kappa shape index (κ3) is 11.1. The number of amides is 5. The van der Waals surface area contributed by atoms with Crippen molar-refractivity contribution in [2.75, 3.05) is 32.8 Å². The number of rotatable bonds is 16. The Bertz CT molecular complexity index is 1320. The molecule has 4 fully saturated rings. The zero-order chi connectivity index (χ0) is 39.7. The number of carbonyl (C=O) groups is 6. The minimum Gasteiger partial charge on any atom is -0.388 e. The number of nitrogens with one attached hydrogen (secondary N) is 2. The summed E-state index contributed by atoms with van der Waals surface area (Å²) in [5.41, 5.74) is 0. The van der Waals surface area contributed by atoms with Crippen LogP contribution in [-0.4, -0.2) is 176 Å².